The molecule has 0 radical (unpaired) electrons. The van der Waals surface area contributed by atoms with E-state index < -0.39 is 46.6 Å². The van der Waals surface area contributed by atoms with Gasteiger partial charge in [-0.3, -0.25) is 4.79 Å². The fraction of sp³-hybridized carbons (Fsp3) is 0.404. The van der Waals surface area contributed by atoms with E-state index in [4.69, 9.17) is 14.2 Å². The highest BCUT2D eigenvalue weighted by atomic mass is 19.4. The molecule has 12 heteroatoms. The molecular formula is C47H53F3N2O7. The number of anilines is 1. The van der Waals surface area contributed by atoms with E-state index in [0.29, 0.717) is 71.7 Å². The van der Waals surface area contributed by atoms with Crippen LogP contribution in [0.2, 0.25) is 0 Å². The molecule has 0 aliphatic heterocycles. The average Bonchev–Trinajstić information content (AvgIpc) is 3.47. The summed E-state index contributed by atoms with van der Waals surface area (Å²) in [5.41, 5.74) is 0.335. The Morgan fingerprint density at radius 3 is 2.32 bits per heavy atom. The third-order valence-electron chi connectivity index (χ3n) is 12.3. The van der Waals surface area contributed by atoms with Crippen molar-refractivity contribution in [3.05, 3.63) is 130 Å². The van der Waals surface area contributed by atoms with Crippen molar-refractivity contribution in [2.75, 3.05) is 33.2 Å². The van der Waals surface area contributed by atoms with Crippen LogP contribution in [0.5, 0.6) is 17.2 Å². The summed E-state index contributed by atoms with van der Waals surface area (Å²) >= 11 is 0. The van der Waals surface area contributed by atoms with E-state index in [2.05, 4.69) is 11.4 Å². The first-order valence-corrected chi connectivity index (χ1v) is 19.9. The van der Waals surface area contributed by atoms with E-state index in [9.17, 15) is 33.0 Å². The molecule has 4 aromatic carbocycles. The van der Waals surface area contributed by atoms with Crippen LogP contribution in [0.25, 0.3) is 0 Å². The summed E-state index contributed by atoms with van der Waals surface area (Å²) in [7, 11) is 4.64. The van der Waals surface area contributed by atoms with Crippen molar-refractivity contribution in [1.82, 2.24) is 4.90 Å². The van der Waals surface area contributed by atoms with E-state index in [1.54, 1.807) is 61.6 Å². The molecule has 314 valence electrons. The number of methoxy groups -OCH3 is 3. The fourth-order valence-electron chi connectivity index (χ4n) is 8.77. The standard InChI is InChI=1S/C47H53F3N2O7/c1-30-8-7-22-45(2)41(39-20-12-31(24-36(53)16-11-30)25-40(39)43(54)32-9-6-10-34(26-32)47(48,49)50)21-23-46(45,56)29-52(28-33-13-17-38(58-4)27-42(33)59-5)44(55)51-35-14-18-37(57-3)19-15-35/h6,8-10,12-15,17-20,25-27,36,41,53,56H,7,11,16,21-24,28-29H2,1-5H3,(H,51,55). The van der Waals surface area contributed by atoms with E-state index in [-0.39, 0.29) is 37.1 Å². The number of fused-ring (bicyclic) bond motifs is 8. The molecule has 3 aliphatic carbocycles. The molecule has 0 saturated heterocycles. The lowest BCUT2D eigenvalue weighted by Crippen LogP contribution is -2.54. The minimum atomic E-state index is -4.65. The predicted molar refractivity (Wildman–Crippen MR) is 220 cm³/mol. The zero-order valence-electron chi connectivity index (χ0n) is 34.2. The van der Waals surface area contributed by atoms with Gasteiger partial charge in [-0.1, -0.05) is 42.8 Å². The van der Waals surface area contributed by atoms with E-state index >= 15 is 0 Å². The largest absolute Gasteiger partial charge is 0.497 e. The molecule has 2 amide bonds. The number of nitrogens with zero attached hydrogens (tertiary/aromatic N) is 1. The van der Waals surface area contributed by atoms with Crippen molar-refractivity contribution in [1.29, 1.82) is 0 Å². The quantitative estimate of drug-likeness (QED) is 0.108. The molecule has 1 fully saturated rings. The van der Waals surface area contributed by atoms with Gasteiger partial charge in [0.25, 0.3) is 0 Å². The Balaban J connectivity index is 1.44. The van der Waals surface area contributed by atoms with Crippen molar-refractivity contribution in [3.63, 3.8) is 0 Å². The highest BCUT2D eigenvalue weighted by Crippen LogP contribution is 2.59. The van der Waals surface area contributed by atoms with Gasteiger partial charge < -0.3 is 34.6 Å². The van der Waals surface area contributed by atoms with Crippen LogP contribution < -0.4 is 19.5 Å². The number of carbonyl (C=O) groups is 2. The first-order valence-electron chi connectivity index (χ1n) is 19.9. The second-order valence-corrected chi connectivity index (χ2v) is 16.0. The molecule has 2 bridgehead atoms. The van der Waals surface area contributed by atoms with E-state index in [1.807, 2.05) is 32.0 Å². The van der Waals surface area contributed by atoms with Gasteiger partial charge in [-0.15, -0.1) is 0 Å². The maximum Gasteiger partial charge on any atom is 0.416 e. The van der Waals surface area contributed by atoms with Crippen LogP contribution in [-0.2, 0) is 19.1 Å². The zero-order chi connectivity index (χ0) is 42.5. The number of nitrogens with one attached hydrogen (secondary N) is 1. The Hall–Kier alpha value is -5.33. The van der Waals surface area contributed by atoms with Crippen LogP contribution in [-0.4, -0.2) is 66.5 Å². The maximum absolute atomic E-state index is 14.4. The Morgan fingerprint density at radius 2 is 1.63 bits per heavy atom. The molecule has 4 aromatic rings. The van der Waals surface area contributed by atoms with Crippen molar-refractivity contribution in [2.45, 2.75) is 89.1 Å². The normalized spacial score (nSPS) is 22.1. The highest BCUT2D eigenvalue weighted by Gasteiger charge is 2.57. The van der Waals surface area contributed by atoms with Gasteiger partial charge in [0.05, 0.1) is 51.7 Å². The lowest BCUT2D eigenvalue weighted by Gasteiger charge is -2.46. The van der Waals surface area contributed by atoms with Crippen LogP contribution in [0.15, 0.2) is 96.6 Å². The summed E-state index contributed by atoms with van der Waals surface area (Å²) in [5, 5.41) is 27.1. The number of aliphatic hydroxyl groups excluding tert-OH is 1. The number of hydrogen-bond donors (Lipinski definition) is 3. The molecule has 7 rings (SSSR count). The minimum absolute atomic E-state index is 0.0630. The van der Waals surface area contributed by atoms with Crippen LogP contribution >= 0.6 is 0 Å². The van der Waals surface area contributed by atoms with Gasteiger partial charge >= 0.3 is 12.2 Å². The van der Waals surface area contributed by atoms with Crippen LogP contribution in [0, 0.1) is 5.41 Å². The van der Waals surface area contributed by atoms with Crippen molar-refractivity contribution in [2.24, 2.45) is 5.41 Å². The average molecular weight is 815 g/mol. The molecule has 0 heterocycles. The topological polar surface area (TPSA) is 118 Å². The van der Waals surface area contributed by atoms with Crippen molar-refractivity contribution in [3.8, 4) is 17.2 Å². The summed E-state index contributed by atoms with van der Waals surface area (Å²) in [4.78, 5) is 30.4. The highest BCUT2D eigenvalue weighted by molar-refractivity contribution is 6.10. The predicted octanol–water partition coefficient (Wildman–Crippen LogP) is 9.73. The molecule has 4 unspecified atom stereocenters. The third kappa shape index (κ3) is 9.60. The van der Waals surface area contributed by atoms with Gasteiger partial charge in [-0.2, -0.15) is 13.2 Å². The Bertz CT molecular complexity index is 2170. The van der Waals surface area contributed by atoms with Crippen LogP contribution in [0.4, 0.5) is 23.7 Å². The molecule has 0 spiro atoms. The molecule has 1 saturated carbocycles. The Morgan fingerprint density at radius 1 is 0.898 bits per heavy atom. The summed E-state index contributed by atoms with van der Waals surface area (Å²) < 4.78 is 58.0. The van der Waals surface area contributed by atoms with Crippen LogP contribution in [0.3, 0.4) is 0 Å². The lowest BCUT2D eigenvalue weighted by atomic mass is 9.64. The summed E-state index contributed by atoms with van der Waals surface area (Å²) in [6.45, 7) is 3.98. The number of hydrogen-bond acceptors (Lipinski definition) is 7. The van der Waals surface area contributed by atoms with Gasteiger partial charge in [0.2, 0.25) is 0 Å². The second kappa shape index (κ2) is 17.9. The number of urea groups is 1. The number of alkyl halides is 3. The number of aliphatic hydroxyl groups is 2. The van der Waals surface area contributed by atoms with Gasteiger partial charge in [0, 0.05) is 33.9 Å². The second-order valence-electron chi connectivity index (χ2n) is 16.0. The van der Waals surface area contributed by atoms with Gasteiger partial charge in [-0.05, 0) is 124 Å². The molecule has 0 aromatic heterocycles. The molecule has 3 N–H and O–H groups in total. The number of allylic oxidation sites excluding steroid dienone is 2. The van der Waals surface area contributed by atoms with Gasteiger partial charge in [0.1, 0.15) is 17.2 Å². The maximum atomic E-state index is 14.4. The third-order valence-corrected chi connectivity index (χ3v) is 12.3. The van der Waals surface area contributed by atoms with Gasteiger partial charge in [-0.25, -0.2) is 4.79 Å². The molecule has 59 heavy (non-hydrogen) atoms. The first-order chi connectivity index (χ1) is 28.1. The number of carbonyl (C=O) groups excluding carboxylic acids is 2. The van der Waals surface area contributed by atoms with Crippen molar-refractivity contribution < 1.29 is 47.2 Å². The number of benzene rings is 4. The van der Waals surface area contributed by atoms with Gasteiger partial charge in [0.15, 0.2) is 5.78 Å². The zero-order valence-corrected chi connectivity index (χ0v) is 34.2. The van der Waals surface area contributed by atoms with E-state index in [1.165, 1.54) is 19.2 Å². The SMILES string of the molecule is COc1ccc(NC(=O)N(Cc2ccc(OC)cc2OC)CC2(O)CCC3c4ccc(cc4C(=O)c4cccc(C(F)(F)F)c4)CC(O)CCC(C)=CCCC32C)cc1. The smallest absolute Gasteiger partial charge is 0.416 e. The summed E-state index contributed by atoms with van der Waals surface area (Å²) in [6, 6.07) is 21.6. The minimum Gasteiger partial charge on any atom is -0.497 e. The molecular weight excluding hydrogens is 762 g/mol. The van der Waals surface area contributed by atoms with Crippen molar-refractivity contribution >= 4 is 17.5 Å². The number of ether oxygens (including phenoxy) is 3. The molecule has 3 aliphatic rings. The summed E-state index contributed by atoms with van der Waals surface area (Å²) in [5.74, 6) is 0.680. The summed E-state index contributed by atoms with van der Waals surface area (Å²) in [6.07, 6.45) is -0.108. The van der Waals surface area contributed by atoms with Crippen LogP contribution in [0.1, 0.15) is 96.5 Å². The lowest BCUT2D eigenvalue weighted by molar-refractivity contribution is -0.137. The Labute approximate surface area is 343 Å². The Kier molecular flexibility index (Phi) is 13.1. The monoisotopic (exact) mass is 814 g/mol. The first kappa shape index (κ1) is 43.3. The number of rotatable bonds is 10. The number of ketones is 1. The molecule has 4 atom stereocenters. The fourth-order valence-corrected chi connectivity index (χ4v) is 8.77. The molecule has 9 nitrogen and oxygen atoms in total. The van der Waals surface area contributed by atoms with E-state index in [0.717, 1.165) is 17.7 Å². The number of amides is 2. The number of halogens is 3.